The summed E-state index contributed by atoms with van der Waals surface area (Å²) in [6.07, 6.45) is 8.37. The van der Waals surface area contributed by atoms with Crippen molar-refractivity contribution in [2.45, 2.75) is 51.5 Å². The molecule has 2 fully saturated rings. The summed E-state index contributed by atoms with van der Waals surface area (Å²) in [5.74, 6) is 0.999. The van der Waals surface area contributed by atoms with Crippen molar-refractivity contribution in [3.05, 3.63) is 0 Å². The second kappa shape index (κ2) is 7.46. The number of piperazine rings is 1. The van der Waals surface area contributed by atoms with Crippen molar-refractivity contribution in [2.24, 2.45) is 11.7 Å². The third kappa shape index (κ3) is 3.94. The molecular formula is C15H31N3. The maximum absolute atomic E-state index is 5.58. The van der Waals surface area contributed by atoms with Crippen molar-refractivity contribution >= 4 is 0 Å². The minimum absolute atomic E-state index is 0.834. The van der Waals surface area contributed by atoms with Gasteiger partial charge in [0, 0.05) is 32.2 Å². The highest BCUT2D eigenvalue weighted by atomic mass is 15.3. The van der Waals surface area contributed by atoms with Gasteiger partial charge in [-0.25, -0.2) is 0 Å². The van der Waals surface area contributed by atoms with Crippen LogP contribution >= 0.6 is 0 Å². The lowest BCUT2D eigenvalue weighted by atomic mass is 9.83. The second-order valence-corrected chi connectivity index (χ2v) is 6.11. The summed E-state index contributed by atoms with van der Waals surface area (Å²) < 4.78 is 0. The first-order valence-corrected chi connectivity index (χ1v) is 8.00. The Balaban J connectivity index is 1.72. The predicted molar refractivity (Wildman–Crippen MR) is 77.7 cm³/mol. The van der Waals surface area contributed by atoms with E-state index in [9.17, 15) is 0 Å². The molecule has 0 aromatic rings. The van der Waals surface area contributed by atoms with E-state index >= 15 is 0 Å². The molecule has 0 radical (unpaired) electrons. The zero-order chi connectivity index (χ0) is 12.8. The summed E-state index contributed by atoms with van der Waals surface area (Å²) in [5.41, 5.74) is 5.58. The molecule has 2 N–H and O–H groups in total. The summed E-state index contributed by atoms with van der Waals surface area (Å²) in [5, 5.41) is 0. The molecule has 2 rings (SSSR count). The third-order valence-electron chi connectivity index (χ3n) is 4.93. The van der Waals surface area contributed by atoms with Crippen LogP contribution in [0.5, 0.6) is 0 Å². The molecule has 0 aromatic carbocycles. The number of rotatable bonds is 5. The van der Waals surface area contributed by atoms with E-state index in [1.165, 1.54) is 64.8 Å². The van der Waals surface area contributed by atoms with Crippen molar-refractivity contribution < 1.29 is 0 Å². The first-order valence-electron chi connectivity index (χ1n) is 8.00. The molecule has 3 heteroatoms. The molecule has 1 heterocycles. The van der Waals surface area contributed by atoms with Crippen LogP contribution in [0.15, 0.2) is 0 Å². The summed E-state index contributed by atoms with van der Waals surface area (Å²) in [6, 6.07) is 0.889. The van der Waals surface area contributed by atoms with Gasteiger partial charge in [0.15, 0.2) is 0 Å². The van der Waals surface area contributed by atoms with E-state index in [0.717, 1.165) is 24.9 Å². The Kier molecular flexibility index (Phi) is 5.93. The van der Waals surface area contributed by atoms with Gasteiger partial charge in [-0.1, -0.05) is 26.2 Å². The topological polar surface area (TPSA) is 32.5 Å². The molecule has 0 spiro atoms. The monoisotopic (exact) mass is 253 g/mol. The van der Waals surface area contributed by atoms with Crippen molar-refractivity contribution in [3.63, 3.8) is 0 Å². The molecule has 0 aromatic heterocycles. The molecule has 1 saturated heterocycles. The van der Waals surface area contributed by atoms with Gasteiger partial charge in [0.2, 0.25) is 0 Å². The highest BCUT2D eigenvalue weighted by Crippen LogP contribution is 2.30. The van der Waals surface area contributed by atoms with Gasteiger partial charge in [-0.3, -0.25) is 4.90 Å². The fourth-order valence-corrected chi connectivity index (χ4v) is 3.63. The van der Waals surface area contributed by atoms with E-state index in [1.807, 2.05) is 0 Å². The van der Waals surface area contributed by atoms with Crippen molar-refractivity contribution in [2.75, 3.05) is 39.3 Å². The van der Waals surface area contributed by atoms with Crippen molar-refractivity contribution in [3.8, 4) is 0 Å². The minimum atomic E-state index is 0.834. The zero-order valence-corrected chi connectivity index (χ0v) is 12.1. The SMILES string of the molecule is CCC1CCCC(N2CCN(CCCN)CC2)C1. The lowest BCUT2D eigenvalue weighted by Gasteiger charge is -2.42. The van der Waals surface area contributed by atoms with E-state index in [1.54, 1.807) is 0 Å². The average Bonchev–Trinajstić information content (AvgIpc) is 2.46. The van der Waals surface area contributed by atoms with E-state index in [-0.39, 0.29) is 0 Å². The Hall–Kier alpha value is -0.120. The Morgan fingerprint density at radius 3 is 2.56 bits per heavy atom. The first-order chi connectivity index (χ1) is 8.83. The van der Waals surface area contributed by atoms with Crippen LogP contribution in [-0.2, 0) is 0 Å². The van der Waals surface area contributed by atoms with Crippen LogP contribution in [-0.4, -0.2) is 55.1 Å². The fraction of sp³-hybridized carbons (Fsp3) is 1.00. The molecule has 1 saturated carbocycles. The zero-order valence-electron chi connectivity index (χ0n) is 12.1. The molecule has 1 aliphatic heterocycles. The normalized spacial score (nSPS) is 31.7. The highest BCUT2D eigenvalue weighted by molar-refractivity contribution is 4.83. The lowest BCUT2D eigenvalue weighted by molar-refractivity contribution is 0.0661. The molecule has 0 amide bonds. The molecule has 2 atom stereocenters. The van der Waals surface area contributed by atoms with Crippen LogP contribution in [0.4, 0.5) is 0 Å². The van der Waals surface area contributed by atoms with Gasteiger partial charge in [0.25, 0.3) is 0 Å². The molecule has 3 nitrogen and oxygen atoms in total. The van der Waals surface area contributed by atoms with Gasteiger partial charge >= 0.3 is 0 Å². The molecule has 18 heavy (non-hydrogen) atoms. The molecule has 1 aliphatic carbocycles. The van der Waals surface area contributed by atoms with Crippen molar-refractivity contribution in [1.29, 1.82) is 0 Å². The van der Waals surface area contributed by atoms with Crippen LogP contribution in [0.3, 0.4) is 0 Å². The van der Waals surface area contributed by atoms with Gasteiger partial charge in [-0.2, -0.15) is 0 Å². The van der Waals surface area contributed by atoms with Crippen LogP contribution in [0.25, 0.3) is 0 Å². The highest BCUT2D eigenvalue weighted by Gasteiger charge is 2.28. The summed E-state index contributed by atoms with van der Waals surface area (Å²) in [7, 11) is 0. The number of hydrogen-bond donors (Lipinski definition) is 1. The summed E-state index contributed by atoms with van der Waals surface area (Å²) in [6.45, 7) is 9.48. The third-order valence-corrected chi connectivity index (χ3v) is 4.93. The van der Waals surface area contributed by atoms with E-state index < -0.39 is 0 Å². The smallest absolute Gasteiger partial charge is 0.0113 e. The Morgan fingerprint density at radius 1 is 1.11 bits per heavy atom. The Bertz CT molecular complexity index is 224. The average molecular weight is 253 g/mol. The van der Waals surface area contributed by atoms with Gasteiger partial charge < -0.3 is 10.6 Å². The number of nitrogens with two attached hydrogens (primary N) is 1. The second-order valence-electron chi connectivity index (χ2n) is 6.11. The predicted octanol–water partition coefficient (Wildman–Crippen LogP) is 1.92. The largest absolute Gasteiger partial charge is 0.330 e. The van der Waals surface area contributed by atoms with Crippen LogP contribution in [0.1, 0.15) is 45.4 Å². The lowest BCUT2D eigenvalue weighted by Crippen LogP contribution is -2.51. The standard InChI is InChI=1S/C15H31N3/c1-2-14-5-3-6-15(13-14)18-11-9-17(10-12-18)8-4-7-16/h14-15H,2-13,16H2,1H3. The van der Waals surface area contributed by atoms with Gasteiger partial charge in [0.05, 0.1) is 0 Å². The summed E-state index contributed by atoms with van der Waals surface area (Å²) >= 11 is 0. The van der Waals surface area contributed by atoms with Crippen LogP contribution in [0.2, 0.25) is 0 Å². The first kappa shape index (κ1) is 14.3. The molecule has 0 bridgehead atoms. The van der Waals surface area contributed by atoms with E-state index in [4.69, 9.17) is 5.73 Å². The van der Waals surface area contributed by atoms with Crippen LogP contribution < -0.4 is 5.73 Å². The number of hydrogen-bond acceptors (Lipinski definition) is 3. The Labute approximate surface area is 113 Å². The van der Waals surface area contributed by atoms with Crippen LogP contribution in [0, 0.1) is 5.92 Å². The number of nitrogens with zero attached hydrogens (tertiary/aromatic N) is 2. The van der Waals surface area contributed by atoms with E-state index in [2.05, 4.69) is 16.7 Å². The maximum atomic E-state index is 5.58. The van der Waals surface area contributed by atoms with E-state index in [0.29, 0.717) is 0 Å². The van der Waals surface area contributed by atoms with Gasteiger partial charge in [0.1, 0.15) is 0 Å². The Morgan fingerprint density at radius 2 is 1.89 bits per heavy atom. The molecule has 2 unspecified atom stereocenters. The molecule has 2 aliphatic rings. The quantitative estimate of drug-likeness (QED) is 0.812. The minimum Gasteiger partial charge on any atom is -0.330 e. The van der Waals surface area contributed by atoms with Gasteiger partial charge in [-0.15, -0.1) is 0 Å². The molecule has 106 valence electrons. The van der Waals surface area contributed by atoms with Gasteiger partial charge in [-0.05, 0) is 38.3 Å². The fourth-order valence-electron chi connectivity index (χ4n) is 3.63. The summed E-state index contributed by atoms with van der Waals surface area (Å²) in [4.78, 5) is 5.35. The van der Waals surface area contributed by atoms with Crippen molar-refractivity contribution in [1.82, 2.24) is 9.80 Å². The molecular weight excluding hydrogens is 222 g/mol. The maximum Gasteiger partial charge on any atom is 0.0113 e.